The van der Waals surface area contributed by atoms with Crippen LogP contribution in [0.15, 0.2) is 36.5 Å². The van der Waals surface area contributed by atoms with E-state index in [1.54, 1.807) is 0 Å². The van der Waals surface area contributed by atoms with Crippen LogP contribution in [0, 0.1) is 6.92 Å². The van der Waals surface area contributed by atoms with Gasteiger partial charge in [0.2, 0.25) is 0 Å². The lowest BCUT2D eigenvalue weighted by Gasteiger charge is -2.42. The Morgan fingerprint density at radius 1 is 1.20 bits per heavy atom. The standard InChI is InChI=1S/C23H26N4O3/c1-15-2-4-19-20(10-15)26-22(25-19)16-3-5-21(24-13-16)27-8-6-17(7-9-27)30-18-11-23(29,12-18)14-28/h2-5,10,13-14,17-18,29H,6-9,11-12H2,1H3,(H,25,26). The van der Waals surface area contributed by atoms with Gasteiger partial charge in [0, 0.05) is 37.7 Å². The molecule has 0 unspecified atom stereocenters. The van der Waals surface area contributed by atoms with Crippen LogP contribution in [0.2, 0.25) is 0 Å². The van der Waals surface area contributed by atoms with Crippen LogP contribution < -0.4 is 4.90 Å². The van der Waals surface area contributed by atoms with Crippen LogP contribution >= 0.6 is 0 Å². The van der Waals surface area contributed by atoms with Gasteiger partial charge in [-0.15, -0.1) is 0 Å². The molecule has 30 heavy (non-hydrogen) atoms. The molecule has 0 spiro atoms. The minimum atomic E-state index is -1.16. The summed E-state index contributed by atoms with van der Waals surface area (Å²) < 4.78 is 6.04. The van der Waals surface area contributed by atoms with E-state index in [1.165, 1.54) is 5.56 Å². The summed E-state index contributed by atoms with van der Waals surface area (Å²) in [6, 6.07) is 10.3. The summed E-state index contributed by atoms with van der Waals surface area (Å²) in [7, 11) is 0. The van der Waals surface area contributed by atoms with E-state index in [2.05, 4.69) is 45.0 Å². The molecular weight excluding hydrogens is 380 g/mol. The Hall–Kier alpha value is -2.77. The first-order valence-electron chi connectivity index (χ1n) is 10.5. The minimum absolute atomic E-state index is 0.00163. The van der Waals surface area contributed by atoms with E-state index in [0.717, 1.165) is 54.2 Å². The van der Waals surface area contributed by atoms with E-state index in [-0.39, 0.29) is 12.2 Å². The number of benzene rings is 1. The van der Waals surface area contributed by atoms with Crippen LogP contribution in [-0.2, 0) is 9.53 Å². The number of carbonyl (C=O) groups is 1. The van der Waals surface area contributed by atoms with E-state index >= 15 is 0 Å². The van der Waals surface area contributed by atoms with Crippen molar-refractivity contribution >= 4 is 23.1 Å². The summed E-state index contributed by atoms with van der Waals surface area (Å²) in [5.74, 6) is 1.79. The number of aromatic amines is 1. The first-order chi connectivity index (χ1) is 14.5. The fourth-order valence-corrected chi connectivity index (χ4v) is 4.39. The summed E-state index contributed by atoms with van der Waals surface area (Å²) >= 11 is 0. The average molecular weight is 406 g/mol. The summed E-state index contributed by atoms with van der Waals surface area (Å²) in [6.45, 7) is 3.83. The first-order valence-corrected chi connectivity index (χ1v) is 10.5. The Morgan fingerprint density at radius 2 is 2.00 bits per heavy atom. The van der Waals surface area contributed by atoms with Crippen LogP contribution in [0.1, 0.15) is 31.2 Å². The number of aromatic nitrogens is 3. The molecule has 0 amide bonds. The van der Waals surface area contributed by atoms with Gasteiger partial charge in [0.15, 0.2) is 6.29 Å². The van der Waals surface area contributed by atoms with Crippen molar-refractivity contribution in [1.29, 1.82) is 0 Å². The van der Waals surface area contributed by atoms with Gasteiger partial charge in [-0.25, -0.2) is 9.97 Å². The second-order valence-electron chi connectivity index (χ2n) is 8.59. The number of pyridine rings is 1. The maximum atomic E-state index is 10.8. The third-order valence-corrected chi connectivity index (χ3v) is 6.19. The number of aryl methyl sites for hydroxylation is 1. The van der Waals surface area contributed by atoms with Crippen molar-refractivity contribution in [1.82, 2.24) is 15.0 Å². The van der Waals surface area contributed by atoms with E-state index in [1.807, 2.05) is 18.3 Å². The SMILES string of the molecule is Cc1ccc2nc(-c3ccc(N4CCC(OC5CC(O)(C=O)C5)CC4)nc3)[nH]c2c1. The highest BCUT2D eigenvalue weighted by molar-refractivity contribution is 5.80. The highest BCUT2D eigenvalue weighted by Gasteiger charge is 2.44. The molecule has 5 rings (SSSR count). The molecule has 1 saturated heterocycles. The predicted octanol–water partition coefficient (Wildman–Crippen LogP) is 3.01. The van der Waals surface area contributed by atoms with Crippen molar-refractivity contribution in [2.75, 3.05) is 18.0 Å². The number of fused-ring (bicyclic) bond motifs is 1. The molecule has 0 bridgehead atoms. The van der Waals surface area contributed by atoms with Crippen molar-refractivity contribution in [2.45, 2.75) is 50.4 Å². The van der Waals surface area contributed by atoms with Crippen molar-refractivity contribution < 1.29 is 14.6 Å². The molecule has 2 N–H and O–H groups in total. The molecule has 2 fully saturated rings. The molecule has 7 nitrogen and oxygen atoms in total. The van der Waals surface area contributed by atoms with Gasteiger partial charge in [-0.2, -0.15) is 0 Å². The zero-order chi connectivity index (χ0) is 20.7. The number of ether oxygens (including phenoxy) is 1. The Kier molecular flexibility index (Phi) is 4.79. The van der Waals surface area contributed by atoms with Gasteiger partial charge in [-0.1, -0.05) is 6.07 Å². The number of anilines is 1. The van der Waals surface area contributed by atoms with Crippen LogP contribution in [0.5, 0.6) is 0 Å². The average Bonchev–Trinajstić information content (AvgIpc) is 3.16. The molecule has 3 heterocycles. The topological polar surface area (TPSA) is 91.3 Å². The van der Waals surface area contributed by atoms with E-state index in [0.29, 0.717) is 19.1 Å². The van der Waals surface area contributed by atoms with Crippen LogP contribution in [0.4, 0.5) is 5.82 Å². The maximum absolute atomic E-state index is 10.8. The van der Waals surface area contributed by atoms with Gasteiger partial charge in [0.05, 0.1) is 23.2 Å². The summed E-state index contributed by atoms with van der Waals surface area (Å²) in [4.78, 5) is 25.8. The lowest BCUT2D eigenvalue weighted by molar-refractivity contribution is -0.167. The van der Waals surface area contributed by atoms with Gasteiger partial charge in [-0.3, -0.25) is 0 Å². The third-order valence-electron chi connectivity index (χ3n) is 6.19. The Labute approximate surface area is 175 Å². The zero-order valence-corrected chi connectivity index (χ0v) is 17.0. The van der Waals surface area contributed by atoms with Crippen molar-refractivity contribution in [3.8, 4) is 11.4 Å². The van der Waals surface area contributed by atoms with E-state index < -0.39 is 5.60 Å². The van der Waals surface area contributed by atoms with Gasteiger partial charge in [0.1, 0.15) is 17.2 Å². The number of nitrogens with zero attached hydrogens (tertiary/aromatic N) is 3. The number of imidazole rings is 1. The molecule has 0 radical (unpaired) electrons. The zero-order valence-electron chi connectivity index (χ0n) is 17.0. The molecule has 7 heteroatoms. The van der Waals surface area contributed by atoms with Crippen molar-refractivity contribution in [3.63, 3.8) is 0 Å². The van der Waals surface area contributed by atoms with Gasteiger partial charge >= 0.3 is 0 Å². The number of aldehydes is 1. The van der Waals surface area contributed by atoms with Gasteiger partial charge < -0.3 is 24.5 Å². The summed E-state index contributed by atoms with van der Waals surface area (Å²) in [5.41, 5.74) is 3.01. The van der Waals surface area contributed by atoms with Crippen molar-refractivity contribution in [3.05, 3.63) is 42.1 Å². The smallest absolute Gasteiger partial charge is 0.151 e. The lowest BCUT2D eigenvalue weighted by Crippen LogP contribution is -2.51. The Bertz CT molecular complexity index is 1050. The fraction of sp³-hybridized carbons (Fsp3) is 0.435. The number of H-pyrrole nitrogens is 1. The molecule has 1 aliphatic carbocycles. The monoisotopic (exact) mass is 406 g/mol. The number of hydrogen-bond donors (Lipinski definition) is 2. The first kappa shape index (κ1) is 19.2. The Morgan fingerprint density at radius 3 is 2.70 bits per heavy atom. The maximum Gasteiger partial charge on any atom is 0.151 e. The van der Waals surface area contributed by atoms with E-state index in [4.69, 9.17) is 4.74 Å². The molecule has 156 valence electrons. The molecule has 2 aliphatic rings. The largest absolute Gasteiger partial charge is 0.382 e. The highest BCUT2D eigenvalue weighted by Crippen LogP contribution is 2.35. The van der Waals surface area contributed by atoms with Gasteiger partial charge in [-0.05, 0) is 49.6 Å². The summed E-state index contributed by atoms with van der Waals surface area (Å²) in [6.07, 6.45) is 5.36. The second kappa shape index (κ2) is 7.49. The fourth-order valence-electron chi connectivity index (χ4n) is 4.39. The van der Waals surface area contributed by atoms with Gasteiger partial charge in [0.25, 0.3) is 0 Å². The predicted molar refractivity (Wildman–Crippen MR) is 114 cm³/mol. The number of rotatable bonds is 5. The molecular formula is C23H26N4O3. The second-order valence-corrected chi connectivity index (χ2v) is 8.59. The quantitative estimate of drug-likeness (QED) is 0.633. The number of piperidine rings is 1. The van der Waals surface area contributed by atoms with Crippen LogP contribution in [0.3, 0.4) is 0 Å². The lowest BCUT2D eigenvalue weighted by atomic mass is 9.78. The number of nitrogens with one attached hydrogen (secondary N) is 1. The minimum Gasteiger partial charge on any atom is -0.382 e. The summed E-state index contributed by atoms with van der Waals surface area (Å²) in [5, 5.41) is 9.80. The normalized spacial score (nSPS) is 24.7. The molecule has 0 atom stereocenters. The Balaban J connectivity index is 1.19. The third kappa shape index (κ3) is 3.70. The molecule has 1 aliphatic heterocycles. The molecule has 1 saturated carbocycles. The van der Waals surface area contributed by atoms with Crippen LogP contribution in [-0.4, -0.2) is 57.2 Å². The molecule has 2 aromatic heterocycles. The number of aliphatic hydroxyl groups is 1. The number of hydrogen-bond acceptors (Lipinski definition) is 6. The van der Waals surface area contributed by atoms with E-state index in [9.17, 15) is 9.90 Å². The molecule has 1 aromatic carbocycles. The number of carbonyl (C=O) groups excluding carboxylic acids is 1. The molecule has 3 aromatic rings. The highest BCUT2D eigenvalue weighted by atomic mass is 16.5. The van der Waals surface area contributed by atoms with Crippen LogP contribution in [0.25, 0.3) is 22.4 Å². The van der Waals surface area contributed by atoms with Crippen molar-refractivity contribution in [2.24, 2.45) is 0 Å².